The van der Waals surface area contributed by atoms with E-state index >= 15 is 0 Å². The lowest BCUT2D eigenvalue weighted by Crippen LogP contribution is -2.44. The first-order chi connectivity index (χ1) is 15.0. The topological polar surface area (TPSA) is 88.2 Å². The minimum atomic E-state index is -0.724. The Balaban J connectivity index is 1.39. The number of carbonyl (C=O) groups is 3. The number of hydrogen-bond acceptors (Lipinski definition) is 5. The van der Waals surface area contributed by atoms with Crippen molar-refractivity contribution in [2.24, 2.45) is 0 Å². The molecular formula is C23H31N3O5. The maximum atomic E-state index is 12.9. The maximum Gasteiger partial charge on any atom is 0.325 e. The van der Waals surface area contributed by atoms with Crippen molar-refractivity contribution in [3.8, 4) is 11.5 Å². The average molecular weight is 430 g/mol. The molecule has 0 bridgehead atoms. The number of hydrogen-bond donors (Lipinski definition) is 1. The van der Waals surface area contributed by atoms with Crippen LogP contribution in [0.15, 0.2) is 12.1 Å². The summed E-state index contributed by atoms with van der Waals surface area (Å²) in [4.78, 5) is 41.0. The van der Waals surface area contributed by atoms with Gasteiger partial charge in [0.05, 0.1) is 13.2 Å². The number of nitrogens with one attached hydrogen (secondary N) is 1. The Morgan fingerprint density at radius 2 is 1.71 bits per heavy atom. The molecule has 4 rings (SSSR count). The molecule has 2 aliphatic heterocycles. The molecule has 8 heteroatoms. The number of amides is 4. The summed E-state index contributed by atoms with van der Waals surface area (Å²) in [6.07, 6.45) is 4.15. The summed E-state index contributed by atoms with van der Waals surface area (Å²) in [5, 5.41) is 2.87. The fourth-order valence-electron chi connectivity index (χ4n) is 4.88. The smallest absolute Gasteiger partial charge is 0.325 e. The number of fused-ring (bicyclic) bond motifs is 1. The second-order valence-corrected chi connectivity index (χ2v) is 8.43. The molecule has 4 amide bonds. The number of urea groups is 1. The van der Waals surface area contributed by atoms with Crippen molar-refractivity contribution in [1.29, 1.82) is 0 Å². The Kier molecular flexibility index (Phi) is 6.07. The molecule has 0 radical (unpaired) electrons. The van der Waals surface area contributed by atoms with Crippen molar-refractivity contribution in [3.05, 3.63) is 23.3 Å². The van der Waals surface area contributed by atoms with Gasteiger partial charge in [0.15, 0.2) is 11.5 Å². The molecule has 0 aromatic heterocycles. The lowest BCUT2D eigenvalue weighted by molar-refractivity contribution is -0.134. The zero-order chi connectivity index (χ0) is 22.0. The predicted octanol–water partition coefficient (Wildman–Crippen LogP) is 2.62. The van der Waals surface area contributed by atoms with Gasteiger partial charge in [-0.1, -0.05) is 12.8 Å². The summed E-state index contributed by atoms with van der Waals surface area (Å²) >= 11 is 0. The van der Waals surface area contributed by atoms with Gasteiger partial charge < -0.3 is 19.7 Å². The number of benzene rings is 1. The summed E-state index contributed by atoms with van der Waals surface area (Å²) < 4.78 is 11.4. The predicted molar refractivity (Wildman–Crippen MR) is 114 cm³/mol. The summed E-state index contributed by atoms with van der Waals surface area (Å²) in [6, 6.07) is 3.61. The van der Waals surface area contributed by atoms with Crippen molar-refractivity contribution in [2.45, 2.75) is 64.5 Å². The van der Waals surface area contributed by atoms with Crippen molar-refractivity contribution < 1.29 is 23.9 Å². The van der Waals surface area contributed by atoms with Crippen LogP contribution >= 0.6 is 0 Å². The normalized spacial score (nSPS) is 19.5. The Bertz CT molecular complexity index is 878. The van der Waals surface area contributed by atoms with Gasteiger partial charge in [-0.2, -0.15) is 0 Å². The van der Waals surface area contributed by atoms with Crippen LogP contribution in [0, 0.1) is 0 Å². The Labute approximate surface area is 182 Å². The van der Waals surface area contributed by atoms with Gasteiger partial charge in [0.1, 0.15) is 5.54 Å². The van der Waals surface area contributed by atoms with E-state index in [1.54, 1.807) is 4.90 Å². The summed E-state index contributed by atoms with van der Waals surface area (Å²) in [7, 11) is 0. The van der Waals surface area contributed by atoms with E-state index in [0.717, 1.165) is 36.1 Å². The first-order valence-electron chi connectivity index (χ1n) is 11.3. The monoisotopic (exact) mass is 429 g/mol. The van der Waals surface area contributed by atoms with Gasteiger partial charge in [0.2, 0.25) is 5.91 Å². The molecule has 1 N–H and O–H groups in total. The first-order valence-corrected chi connectivity index (χ1v) is 11.3. The Hall–Kier alpha value is -2.77. The molecule has 1 saturated heterocycles. The quantitative estimate of drug-likeness (QED) is 0.673. The number of nitrogens with zero attached hydrogens (tertiary/aromatic N) is 2. The summed E-state index contributed by atoms with van der Waals surface area (Å²) in [6.45, 7) is 6.19. The van der Waals surface area contributed by atoms with Crippen LogP contribution in [-0.4, -0.2) is 59.5 Å². The van der Waals surface area contributed by atoms with Gasteiger partial charge in [-0.05, 0) is 56.4 Å². The van der Waals surface area contributed by atoms with Crippen molar-refractivity contribution in [1.82, 2.24) is 15.1 Å². The molecule has 1 saturated carbocycles. The first kappa shape index (κ1) is 21.5. The standard InChI is InChI=1S/C23H31N3O5/c1-3-30-18-13-16-7-11-25(15-17(16)14-19(18)31-4-2)20(27)8-12-26-21(28)23(24-22(26)29)9-5-6-10-23/h13-14H,3-12,15H2,1-2H3,(H,24,29). The molecular weight excluding hydrogens is 398 g/mol. The number of rotatable bonds is 7. The molecule has 168 valence electrons. The maximum absolute atomic E-state index is 12.9. The van der Waals surface area contributed by atoms with Crippen LogP contribution in [0.2, 0.25) is 0 Å². The molecule has 2 fully saturated rings. The number of imide groups is 1. The molecule has 0 atom stereocenters. The fraction of sp³-hybridized carbons (Fsp3) is 0.609. The minimum absolute atomic E-state index is 0.0505. The zero-order valence-electron chi connectivity index (χ0n) is 18.4. The third-order valence-corrected chi connectivity index (χ3v) is 6.48. The van der Waals surface area contributed by atoms with Gasteiger partial charge in [-0.3, -0.25) is 14.5 Å². The highest BCUT2D eigenvalue weighted by molar-refractivity contribution is 6.07. The van der Waals surface area contributed by atoms with Crippen molar-refractivity contribution in [3.63, 3.8) is 0 Å². The molecule has 1 spiro atoms. The van der Waals surface area contributed by atoms with E-state index in [9.17, 15) is 14.4 Å². The molecule has 0 unspecified atom stereocenters. The van der Waals surface area contributed by atoms with E-state index in [2.05, 4.69) is 5.32 Å². The van der Waals surface area contributed by atoms with Gasteiger partial charge in [0, 0.05) is 26.1 Å². The lowest BCUT2D eigenvalue weighted by Gasteiger charge is -2.30. The second-order valence-electron chi connectivity index (χ2n) is 8.43. The molecule has 31 heavy (non-hydrogen) atoms. The highest BCUT2D eigenvalue weighted by atomic mass is 16.5. The van der Waals surface area contributed by atoms with E-state index < -0.39 is 5.54 Å². The molecule has 3 aliphatic rings. The van der Waals surface area contributed by atoms with Crippen LogP contribution in [-0.2, 0) is 22.6 Å². The van der Waals surface area contributed by atoms with Crippen LogP contribution in [0.5, 0.6) is 11.5 Å². The number of ether oxygens (including phenoxy) is 2. The van der Waals surface area contributed by atoms with E-state index in [1.807, 2.05) is 26.0 Å². The third-order valence-electron chi connectivity index (χ3n) is 6.48. The Morgan fingerprint density at radius 3 is 2.35 bits per heavy atom. The highest BCUT2D eigenvalue weighted by Crippen LogP contribution is 2.36. The van der Waals surface area contributed by atoms with Crippen molar-refractivity contribution in [2.75, 3.05) is 26.3 Å². The van der Waals surface area contributed by atoms with Crippen LogP contribution in [0.4, 0.5) is 4.79 Å². The summed E-state index contributed by atoms with van der Waals surface area (Å²) in [5.41, 5.74) is 1.48. The van der Waals surface area contributed by atoms with Crippen LogP contribution in [0.1, 0.15) is 57.1 Å². The highest BCUT2D eigenvalue weighted by Gasteiger charge is 2.52. The molecule has 1 aliphatic carbocycles. The third kappa shape index (κ3) is 4.07. The zero-order valence-corrected chi connectivity index (χ0v) is 18.4. The molecule has 1 aromatic carbocycles. The van der Waals surface area contributed by atoms with Gasteiger partial charge >= 0.3 is 6.03 Å². The molecule has 1 aromatic rings. The minimum Gasteiger partial charge on any atom is -0.490 e. The SMILES string of the molecule is CCOc1cc2c(cc1OCC)CN(C(=O)CCN1C(=O)NC3(CCCC3)C1=O)CC2. The Morgan fingerprint density at radius 1 is 1.06 bits per heavy atom. The summed E-state index contributed by atoms with van der Waals surface area (Å²) in [5.74, 6) is 1.21. The van der Waals surface area contributed by atoms with Crippen LogP contribution in [0.3, 0.4) is 0 Å². The molecule has 8 nitrogen and oxygen atoms in total. The average Bonchev–Trinajstić information content (AvgIpc) is 3.32. The van der Waals surface area contributed by atoms with Crippen LogP contribution in [0.25, 0.3) is 0 Å². The van der Waals surface area contributed by atoms with E-state index in [1.165, 1.54) is 4.90 Å². The lowest BCUT2D eigenvalue weighted by atomic mass is 9.98. The fourth-order valence-corrected chi connectivity index (χ4v) is 4.88. The van der Waals surface area contributed by atoms with Gasteiger partial charge in [0.25, 0.3) is 5.91 Å². The second kappa shape index (κ2) is 8.77. The van der Waals surface area contributed by atoms with Crippen molar-refractivity contribution >= 4 is 17.8 Å². The van der Waals surface area contributed by atoms with Gasteiger partial charge in [-0.25, -0.2) is 4.79 Å². The van der Waals surface area contributed by atoms with Gasteiger partial charge in [-0.15, -0.1) is 0 Å². The largest absolute Gasteiger partial charge is 0.490 e. The van der Waals surface area contributed by atoms with E-state index in [-0.39, 0.29) is 30.8 Å². The van der Waals surface area contributed by atoms with E-state index in [0.29, 0.717) is 44.9 Å². The van der Waals surface area contributed by atoms with Crippen LogP contribution < -0.4 is 14.8 Å². The van der Waals surface area contributed by atoms with E-state index in [4.69, 9.17) is 9.47 Å². The molecule has 2 heterocycles. The number of carbonyl (C=O) groups excluding carboxylic acids is 3.